The standard InChI is InChI=1S/C14H26N2O2/c1-10-9-16(13(17)18-14(2,3)4)8-7-12(10)15-11-5-6-11/h10-12,15H,5-9H2,1-4H3/t10-,12-/m0/s1. The van der Waals surface area contributed by atoms with E-state index in [0.717, 1.165) is 25.6 Å². The van der Waals surface area contributed by atoms with E-state index >= 15 is 0 Å². The van der Waals surface area contributed by atoms with Crippen molar-refractivity contribution in [2.45, 2.75) is 64.6 Å². The van der Waals surface area contributed by atoms with Crippen LogP contribution in [0.5, 0.6) is 0 Å². The SMILES string of the molecule is C[C@H]1CN(C(=O)OC(C)(C)C)CC[C@@H]1NC1CC1. The summed E-state index contributed by atoms with van der Waals surface area (Å²) in [5.41, 5.74) is -0.399. The van der Waals surface area contributed by atoms with E-state index < -0.39 is 5.60 Å². The highest BCUT2D eigenvalue weighted by Crippen LogP contribution is 2.25. The van der Waals surface area contributed by atoms with Crippen LogP contribution in [0.2, 0.25) is 0 Å². The Morgan fingerprint density at radius 1 is 1.28 bits per heavy atom. The predicted molar refractivity (Wildman–Crippen MR) is 71.5 cm³/mol. The van der Waals surface area contributed by atoms with Crippen LogP contribution in [0.1, 0.15) is 47.0 Å². The van der Waals surface area contributed by atoms with Gasteiger partial charge in [-0.1, -0.05) is 6.92 Å². The van der Waals surface area contributed by atoms with E-state index in [-0.39, 0.29) is 6.09 Å². The molecule has 2 aliphatic rings. The highest BCUT2D eigenvalue weighted by atomic mass is 16.6. The summed E-state index contributed by atoms with van der Waals surface area (Å²) in [7, 11) is 0. The second-order valence-corrected chi connectivity index (χ2v) is 6.74. The molecule has 0 unspecified atom stereocenters. The van der Waals surface area contributed by atoms with Crippen LogP contribution >= 0.6 is 0 Å². The third-order valence-corrected chi connectivity index (χ3v) is 3.58. The number of piperidine rings is 1. The molecule has 0 aromatic rings. The summed E-state index contributed by atoms with van der Waals surface area (Å²) in [4.78, 5) is 13.8. The Kier molecular flexibility index (Phi) is 3.85. The summed E-state index contributed by atoms with van der Waals surface area (Å²) in [6.45, 7) is 9.57. The molecule has 1 saturated heterocycles. The molecular weight excluding hydrogens is 228 g/mol. The zero-order chi connectivity index (χ0) is 13.3. The van der Waals surface area contributed by atoms with Crippen LogP contribution < -0.4 is 5.32 Å². The molecule has 2 fully saturated rings. The molecule has 1 aliphatic heterocycles. The van der Waals surface area contributed by atoms with Gasteiger partial charge in [0.1, 0.15) is 5.60 Å². The summed E-state index contributed by atoms with van der Waals surface area (Å²) in [6, 6.07) is 1.31. The van der Waals surface area contributed by atoms with E-state index in [0.29, 0.717) is 12.0 Å². The molecule has 1 saturated carbocycles. The molecule has 18 heavy (non-hydrogen) atoms. The summed E-state index contributed by atoms with van der Waals surface area (Å²) >= 11 is 0. The maximum absolute atomic E-state index is 12.0. The monoisotopic (exact) mass is 254 g/mol. The van der Waals surface area contributed by atoms with E-state index in [1.807, 2.05) is 25.7 Å². The van der Waals surface area contributed by atoms with Gasteiger partial charge in [-0.3, -0.25) is 0 Å². The van der Waals surface area contributed by atoms with E-state index in [1.165, 1.54) is 12.8 Å². The molecule has 0 spiro atoms. The maximum atomic E-state index is 12.0. The van der Waals surface area contributed by atoms with Gasteiger partial charge in [-0.25, -0.2) is 4.79 Å². The van der Waals surface area contributed by atoms with Crippen LogP contribution in [0.4, 0.5) is 4.79 Å². The molecule has 104 valence electrons. The second kappa shape index (κ2) is 5.08. The van der Waals surface area contributed by atoms with E-state index in [9.17, 15) is 4.79 Å². The van der Waals surface area contributed by atoms with Gasteiger partial charge in [0.15, 0.2) is 0 Å². The lowest BCUT2D eigenvalue weighted by molar-refractivity contribution is 0.0143. The van der Waals surface area contributed by atoms with Crippen molar-refractivity contribution in [3.8, 4) is 0 Å². The van der Waals surface area contributed by atoms with Gasteiger partial charge in [-0.15, -0.1) is 0 Å². The summed E-state index contributed by atoms with van der Waals surface area (Å²) in [5, 5.41) is 3.67. The lowest BCUT2D eigenvalue weighted by Gasteiger charge is -2.38. The molecule has 1 aliphatic carbocycles. The van der Waals surface area contributed by atoms with Crippen LogP contribution in [-0.4, -0.2) is 41.8 Å². The Bertz CT molecular complexity index is 307. The first-order valence-electron chi connectivity index (χ1n) is 7.09. The van der Waals surface area contributed by atoms with Crippen molar-refractivity contribution in [3.63, 3.8) is 0 Å². The lowest BCUT2D eigenvalue weighted by atomic mass is 9.94. The average Bonchev–Trinajstić information content (AvgIpc) is 3.02. The van der Waals surface area contributed by atoms with Crippen molar-refractivity contribution in [2.75, 3.05) is 13.1 Å². The minimum atomic E-state index is -0.399. The molecule has 0 radical (unpaired) electrons. The van der Waals surface area contributed by atoms with Gasteiger partial charge >= 0.3 is 6.09 Å². The highest BCUT2D eigenvalue weighted by molar-refractivity contribution is 5.68. The van der Waals surface area contributed by atoms with Crippen LogP contribution in [0.25, 0.3) is 0 Å². The fourth-order valence-electron chi connectivity index (χ4n) is 2.44. The third-order valence-electron chi connectivity index (χ3n) is 3.58. The highest BCUT2D eigenvalue weighted by Gasteiger charge is 2.34. The smallest absolute Gasteiger partial charge is 0.410 e. The van der Waals surface area contributed by atoms with Gasteiger partial charge in [0.2, 0.25) is 0 Å². The summed E-state index contributed by atoms with van der Waals surface area (Å²) < 4.78 is 5.42. The number of carbonyl (C=O) groups excluding carboxylic acids is 1. The van der Waals surface area contributed by atoms with Crippen LogP contribution in [0.15, 0.2) is 0 Å². The minimum absolute atomic E-state index is 0.167. The van der Waals surface area contributed by atoms with Gasteiger partial charge in [-0.05, 0) is 46.0 Å². The fraction of sp³-hybridized carbons (Fsp3) is 0.929. The van der Waals surface area contributed by atoms with Crippen molar-refractivity contribution in [1.82, 2.24) is 10.2 Å². The average molecular weight is 254 g/mol. The van der Waals surface area contributed by atoms with Crippen molar-refractivity contribution in [2.24, 2.45) is 5.92 Å². The van der Waals surface area contributed by atoms with Crippen molar-refractivity contribution < 1.29 is 9.53 Å². The van der Waals surface area contributed by atoms with Gasteiger partial charge in [0.25, 0.3) is 0 Å². The van der Waals surface area contributed by atoms with Crippen molar-refractivity contribution in [1.29, 1.82) is 0 Å². The normalized spacial score (nSPS) is 29.2. The summed E-state index contributed by atoms with van der Waals surface area (Å²) in [6.07, 6.45) is 3.51. The Morgan fingerprint density at radius 2 is 1.94 bits per heavy atom. The van der Waals surface area contributed by atoms with Crippen LogP contribution in [0.3, 0.4) is 0 Å². The molecule has 4 nitrogen and oxygen atoms in total. The lowest BCUT2D eigenvalue weighted by Crippen LogP contribution is -2.51. The zero-order valence-corrected chi connectivity index (χ0v) is 12.0. The van der Waals surface area contributed by atoms with Crippen molar-refractivity contribution in [3.05, 3.63) is 0 Å². The molecule has 2 rings (SSSR count). The van der Waals surface area contributed by atoms with E-state index in [2.05, 4.69) is 12.2 Å². The third kappa shape index (κ3) is 3.87. The molecule has 1 heterocycles. The van der Waals surface area contributed by atoms with Gasteiger partial charge < -0.3 is 15.0 Å². The molecule has 4 heteroatoms. The number of likely N-dealkylation sites (tertiary alicyclic amines) is 1. The van der Waals surface area contributed by atoms with Gasteiger partial charge in [0, 0.05) is 25.2 Å². The Hall–Kier alpha value is -0.770. The second-order valence-electron chi connectivity index (χ2n) is 6.74. The predicted octanol–water partition coefficient (Wildman–Crippen LogP) is 2.38. The molecule has 2 atom stereocenters. The first-order valence-corrected chi connectivity index (χ1v) is 7.09. The fourth-order valence-corrected chi connectivity index (χ4v) is 2.44. The van der Waals surface area contributed by atoms with Crippen LogP contribution in [0, 0.1) is 5.92 Å². The first kappa shape index (κ1) is 13.7. The van der Waals surface area contributed by atoms with Gasteiger partial charge in [0.05, 0.1) is 0 Å². The number of amides is 1. The molecule has 0 aromatic carbocycles. The minimum Gasteiger partial charge on any atom is -0.444 e. The van der Waals surface area contributed by atoms with Gasteiger partial charge in [-0.2, -0.15) is 0 Å². The van der Waals surface area contributed by atoms with Crippen molar-refractivity contribution >= 4 is 6.09 Å². The number of hydrogen-bond donors (Lipinski definition) is 1. The topological polar surface area (TPSA) is 41.6 Å². The number of nitrogens with one attached hydrogen (secondary N) is 1. The number of nitrogens with zero attached hydrogens (tertiary/aromatic N) is 1. The Balaban J connectivity index is 1.81. The molecule has 0 bridgehead atoms. The Morgan fingerprint density at radius 3 is 2.44 bits per heavy atom. The van der Waals surface area contributed by atoms with E-state index in [1.54, 1.807) is 0 Å². The number of carbonyl (C=O) groups is 1. The quantitative estimate of drug-likeness (QED) is 0.822. The molecule has 1 amide bonds. The molecular formula is C14H26N2O2. The first-order chi connectivity index (χ1) is 8.35. The zero-order valence-electron chi connectivity index (χ0n) is 12.0. The molecule has 0 aromatic heterocycles. The summed E-state index contributed by atoms with van der Waals surface area (Å²) in [5.74, 6) is 0.506. The largest absolute Gasteiger partial charge is 0.444 e. The van der Waals surface area contributed by atoms with Crippen LogP contribution in [-0.2, 0) is 4.74 Å². The number of hydrogen-bond acceptors (Lipinski definition) is 3. The maximum Gasteiger partial charge on any atom is 0.410 e. The Labute approximate surface area is 110 Å². The number of ether oxygens (including phenoxy) is 1. The van der Waals surface area contributed by atoms with E-state index in [4.69, 9.17) is 4.74 Å². The number of rotatable bonds is 2. The molecule has 1 N–H and O–H groups in total.